The number of amides is 2. The summed E-state index contributed by atoms with van der Waals surface area (Å²) in [6.07, 6.45) is 0. The van der Waals surface area contributed by atoms with Gasteiger partial charge >= 0.3 is 6.61 Å². The molecular formula is C13H14F2N2O3. The highest BCUT2D eigenvalue weighted by Gasteiger charge is 2.40. The summed E-state index contributed by atoms with van der Waals surface area (Å²) in [5.74, 6) is -0.884. The molecule has 1 aliphatic heterocycles. The number of rotatable bonds is 3. The van der Waals surface area contributed by atoms with Crippen LogP contribution in [0.15, 0.2) is 24.3 Å². The monoisotopic (exact) mass is 284 g/mol. The van der Waals surface area contributed by atoms with E-state index in [4.69, 9.17) is 0 Å². The van der Waals surface area contributed by atoms with Gasteiger partial charge in [-0.15, -0.1) is 0 Å². The fraction of sp³-hybridized carbons (Fsp3) is 0.385. The van der Waals surface area contributed by atoms with E-state index in [0.29, 0.717) is 0 Å². The zero-order valence-electron chi connectivity index (χ0n) is 11.0. The number of halogens is 2. The van der Waals surface area contributed by atoms with E-state index >= 15 is 0 Å². The van der Waals surface area contributed by atoms with Crippen LogP contribution in [-0.2, 0) is 9.59 Å². The molecule has 20 heavy (non-hydrogen) atoms. The number of para-hydroxylation sites is 2. The molecule has 0 spiro atoms. The molecule has 2 amide bonds. The summed E-state index contributed by atoms with van der Waals surface area (Å²) in [6.45, 7) is -0.129. The van der Waals surface area contributed by atoms with Crippen molar-refractivity contribution in [2.75, 3.05) is 11.4 Å². The average Bonchev–Trinajstić information content (AvgIpc) is 2.33. The van der Waals surface area contributed by atoms with Crippen molar-refractivity contribution in [2.24, 2.45) is 0 Å². The van der Waals surface area contributed by atoms with E-state index < -0.39 is 12.2 Å². The second-order valence-corrected chi connectivity index (χ2v) is 4.91. The first-order chi connectivity index (χ1) is 9.31. The van der Waals surface area contributed by atoms with Gasteiger partial charge in [-0.05, 0) is 26.0 Å². The number of carbonyl (C=O) groups excluding carboxylic acids is 2. The van der Waals surface area contributed by atoms with E-state index in [9.17, 15) is 18.4 Å². The van der Waals surface area contributed by atoms with Gasteiger partial charge in [0.2, 0.25) is 5.91 Å². The summed E-state index contributed by atoms with van der Waals surface area (Å²) >= 11 is 0. The molecule has 5 nitrogen and oxygen atoms in total. The Hall–Kier alpha value is -2.18. The van der Waals surface area contributed by atoms with Crippen molar-refractivity contribution < 1.29 is 23.1 Å². The van der Waals surface area contributed by atoms with Crippen LogP contribution in [0.4, 0.5) is 14.5 Å². The fourth-order valence-corrected chi connectivity index (χ4v) is 2.06. The minimum atomic E-state index is -3.00. The van der Waals surface area contributed by atoms with Crippen molar-refractivity contribution in [3.05, 3.63) is 24.3 Å². The maximum Gasteiger partial charge on any atom is 0.387 e. The Labute approximate surface area is 114 Å². The smallest absolute Gasteiger partial charge is 0.387 e. The van der Waals surface area contributed by atoms with Gasteiger partial charge in [-0.2, -0.15) is 8.78 Å². The lowest BCUT2D eigenvalue weighted by molar-refractivity contribution is -0.134. The lowest BCUT2D eigenvalue weighted by atomic mass is 10.00. The van der Waals surface area contributed by atoms with Crippen molar-refractivity contribution in [1.29, 1.82) is 0 Å². The zero-order chi connectivity index (χ0) is 14.9. The molecule has 0 saturated carbocycles. The summed E-state index contributed by atoms with van der Waals surface area (Å²) in [5, 5.41) is 2.55. The lowest BCUT2D eigenvalue weighted by Gasteiger charge is -2.37. The Bertz CT molecular complexity index is 546. The SMILES string of the molecule is CC1(C)NC(=O)CN(c2ccccc2OC(F)F)C1=O. The standard InChI is InChI=1S/C13H14F2N2O3/c1-13(2)11(19)17(7-10(18)16-13)8-5-3-4-6-9(8)20-12(14)15/h3-6,12H,7H2,1-2H3,(H,16,18). The van der Waals surface area contributed by atoms with Crippen LogP contribution < -0.4 is 15.0 Å². The largest absolute Gasteiger partial charge is 0.433 e. The molecule has 1 N–H and O–H groups in total. The van der Waals surface area contributed by atoms with Gasteiger partial charge < -0.3 is 10.1 Å². The number of piperazine rings is 1. The molecule has 2 rings (SSSR count). The minimum Gasteiger partial charge on any atom is -0.433 e. The Kier molecular flexibility index (Phi) is 3.61. The van der Waals surface area contributed by atoms with Crippen LogP contribution in [0.5, 0.6) is 5.75 Å². The van der Waals surface area contributed by atoms with E-state index in [1.165, 1.54) is 18.2 Å². The van der Waals surface area contributed by atoms with E-state index in [1.807, 2.05) is 0 Å². The number of hydrogen-bond donors (Lipinski definition) is 1. The number of alkyl halides is 2. The minimum absolute atomic E-state index is 0.138. The van der Waals surface area contributed by atoms with E-state index in [-0.39, 0.29) is 29.8 Å². The predicted octanol–water partition coefficient (Wildman–Crippen LogP) is 1.53. The Balaban J connectivity index is 2.40. The molecule has 0 aliphatic carbocycles. The molecule has 7 heteroatoms. The highest BCUT2D eigenvalue weighted by atomic mass is 19.3. The van der Waals surface area contributed by atoms with E-state index in [0.717, 1.165) is 4.90 Å². The number of benzene rings is 1. The maximum atomic E-state index is 12.4. The maximum absolute atomic E-state index is 12.4. The predicted molar refractivity (Wildman–Crippen MR) is 67.6 cm³/mol. The normalized spacial score (nSPS) is 18.1. The number of nitrogens with one attached hydrogen (secondary N) is 1. The van der Waals surface area contributed by atoms with Crippen molar-refractivity contribution in [3.8, 4) is 5.75 Å². The van der Waals surface area contributed by atoms with Gasteiger partial charge in [0.1, 0.15) is 17.8 Å². The van der Waals surface area contributed by atoms with Crippen LogP contribution in [-0.4, -0.2) is 30.5 Å². The third-order valence-electron chi connectivity index (χ3n) is 2.91. The second-order valence-electron chi connectivity index (χ2n) is 4.91. The summed E-state index contributed by atoms with van der Waals surface area (Å²) in [5.41, 5.74) is -0.937. The van der Waals surface area contributed by atoms with Gasteiger partial charge in [-0.3, -0.25) is 14.5 Å². The highest BCUT2D eigenvalue weighted by Crippen LogP contribution is 2.31. The number of hydrogen-bond acceptors (Lipinski definition) is 3. The number of carbonyl (C=O) groups is 2. The van der Waals surface area contributed by atoms with Crippen LogP contribution in [0, 0.1) is 0 Å². The lowest BCUT2D eigenvalue weighted by Crippen LogP contribution is -2.64. The van der Waals surface area contributed by atoms with Crippen LogP contribution >= 0.6 is 0 Å². The van der Waals surface area contributed by atoms with Crippen LogP contribution in [0.2, 0.25) is 0 Å². The highest BCUT2D eigenvalue weighted by molar-refractivity contribution is 6.09. The topological polar surface area (TPSA) is 58.6 Å². The summed E-state index contributed by atoms with van der Waals surface area (Å²) in [6, 6.07) is 5.89. The van der Waals surface area contributed by atoms with Gasteiger partial charge in [0.25, 0.3) is 5.91 Å². The number of nitrogens with zero attached hydrogens (tertiary/aromatic N) is 1. The van der Waals surface area contributed by atoms with Gasteiger partial charge in [0.05, 0.1) is 5.69 Å². The molecule has 1 heterocycles. The Morgan fingerprint density at radius 2 is 1.95 bits per heavy atom. The first kappa shape index (κ1) is 14.2. The van der Waals surface area contributed by atoms with Crippen molar-refractivity contribution in [2.45, 2.75) is 26.0 Å². The van der Waals surface area contributed by atoms with Crippen LogP contribution in [0.3, 0.4) is 0 Å². The molecule has 1 aliphatic rings. The van der Waals surface area contributed by atoms with Crippen LogP contribution in [0.1, 0.15) is 13.8 Å². The number of ether oxygens (including phenoxy) is 1. The third-order valence-corrected chi connectivity index (χ3v) is 2.91. The Morgan fingerprint density at radius 1 is 1.30 bits per heavy atom. The molecule has 1 saturated heterocycles. The molecule has 1 aromatic carbocycles. The molecule has 0 aromatic heterocycles. The molecule has 108 valence electrons. The summed E-state index contributed by atoms with van der Waals surface area (Å²) in [4.78, 5) is 25.1. The molecule has 1 fully saturated rings. The first-order valence-corrected chi connectivity index (χ1v) is 5.98. The molecule has 0 atom stereocenters. The van der Waals surface area contributed by atoms with E-state index in [1.54, 1.807) is 19.9 Å². The third kappa shape index (κ3) is 2.71. The molecule has 0 radical (unpaired) electrons. The van der Waals surface area contributed by atoms with Crippen molar-refractivity contribution in [1.82, 2.24) is 5.32 Å². The second kappa shape index (κ2) is 5.07. The molecule has 1 aromatic rings. The van der Waals surface area contributed by atoms with Crippen molar-refractivity contribution in [3.63, 3.8) is 0 Å². The first-order valence-electron chi connectivity index (χ1n) is 5.98. The fourth-order valence-electron chi connectivity index (χ4n) is 2.06. The zero-order valence-corrected chi connectivity index (χ0v) is 11.0. The molecule has 0 unspecified atom stereocenters. The van der Waals surface area contributed by atoms with Gasteiger partial charge in [0, 0.05) is 0 Å². The summed E-state index contributed by atoms with van der Waals surface area (Å²) < 4.78 is 29.2. The van der Waals surface area contributed by atoms with E-state index in [2.05, 4.69) is 10.1 Å². The molecule has 0 bridgehead atoms. The van der Waals surface area contributed by atoms with Gasteiger partial charge in [-0.25, -0.2) is 0 Å². The quantitative estimate of drug-likeness (QED) is 0.915. The molecular weight excluding hydrogens is 270 g/mol. The summed E-state index contributed by atoms with van der Waals surface area (Å²) in [7, 11) is 0. The van der Waals surface area contributed by atoms with Gasteiger partial charge in [-0.1, -0.05) is 12.1 Å². The van der Waals surface area contributed by atoms with Gasteiger partial charge in [0.15, 0.2) is 0 Å². The van der Waals surface area contributed by atoms with Crippen LogP contribution in [0.25, 0.3) is 0 Å². The van der Waals surface area contributed by atoms with Crippen molar-refractivity contribution >= 4 is 17.5 Å². The Morgan fingerprint density at radius 3 is 2.60 bits per heavy atom. The number of anilines is 1. The average molecular weight is 284 g/mol.